The molecule has 0 aliphatic carbocycles. The minimum absolute atomic E-state index is 0.00716. The summed E-state index contributed by atoms with van der Waals surface area (Å²) >= 11 is 0. The number of carbonyl (C=O) groups is 2. The molecule has 128 valence electrons. The Balaban J connectivity index is 2.77. The maximum Gasteiger partial charge on any atom is 0.320 e. The van der Waals surface area contributed by atoms with Crippen LogP contribution in [-0.2, 0) is 11.2 Å². The van der Waals surface area contributed by atoms with Gasteiger partial charge in [0.05, 0.1) is 0 Å². The largest absolute Gasteiger partial charge is 0.480 e. The van der Waals surface area contributed by atoms with Crippen molar-refractivity contribution in [2.75, 3.05) is 0 Å². The molecule has 1 aromatic rings. The summed E-state index contributed by atoms with van der Waals surface area (Å²) in [5, 5.41) is 45.0. The molecule has 0 saturated heterocycles. The highest BCUT2D eigenvalue weighted by molar-refractivity contribution is 6.00. The molecule has 0 spiro atoms. The van der Waals surface area contributed by atoms with Crippen molar-refractivity contribution in [2.45, 2.75) is 43.8 Å². The molecule has 0 amide bonds. The van der Waals surface area contributed by atoms with Gasteiger partial charge in [-0.1, -0.05) is 24.3 Å². The van der Waals surface area contributed by atoms with Crippen molar-refractivity contribution in [3.63, 3.8) is 0 Å². The number of carbonyl (C=O) groups excluding carboxylic acids is 1. The standard InChI is InChI=1S/C15H21NO7/c16-11(14(19)20)8-9-4-1-2-5-10(9)13(18)12(17)6-3-7-15(21,22)23/h1-2,4-5,11-12,17,21-23H,3,6-8,16H2,(H,19,20). The van der Waals surface area contributed by atoms with Crippen LogP contribution in [0.2, 0.25) is 0 Å². The van der Waals surface area contributed by atoms with Crippen LogP contribution in [0.25, 0.3) is 0 Å². The highest BCUT2D eigenvalue weighted by Crippen LogP contribution is 2.17. The third kappa shape index (κ3) is 6.43. The van der Waals surface area contributed by atoms with Crippen LogP contribution in [0.15, 0.2) is 24.3 Å². The van der Waals surface area contributed by atoms with Crippen molar-refractivity contribution >= 4 is 11.8 Å². The highest BCUT2D eigenvalue weighted by atomic mass is 16.7. The second kappa shape index (κ2) is 8.14. The summed E-state index contributed by atoms with van der Waals surface area (Å²) in [5.41, 5.74) is 6.04. The molecule has 23 heavy (non-hydrogen) atoms. The molecule has 0 fully saturated rings. The van der Waals surface area contributed by atoms with E-state index in [0.29, 0.717) is 5.56 Å². The van der Waals surface area contributed by atoms with Crippen LogP contribution in [0.4, 0.5) is 0 Å². The van der Waals surface area contributed by atoms with Gasteiger partial charge in [0.15, 0.2) is 5.78 Å². The van der Waals surface area contributed by atoms with Gasteiger partial charge in [-0.2, -0.15) is 0 Å². The lowest BCUT2D eigenvalue weighted by Gasteiger charge is -2.16. The molecule has 0 radical (unpaired) electrons. The first-order valence-electron chi connectivity index (χ1n) is 7.07. The maximum atomic E-state index is 12.2. The second-order valence-corrected chi connectivity index (χ2v) is 5.35. The Morgan fingerprint density at radius 1 is 1.17 bits per heavy atom. The fraction of sp³-hybridized carbons (Fsp3) is 0.467. The molecule has 1 rings (SSSR count). The Morgan fingerprint density at radius 3 is 2.35 bits per heavy atom. The van der Waals surface area contributed by atoms with Gasteiger partial charge in [0, 0.05) is 12.0 Å². The lowest BCUT2D eigenvalue weighted by molar-refractivity contribution is -0.315. The number of hydrogen-bond acceptors (Lipinski definition) is 7. The van der Waals surface area contributed by atoms with Crippen molar-refractivity contribution in [3.05, 3.63) is 35.4 Å². The number of nitrogens with two attached hydrogens (primary N) is 1. The number of aliphatic hydroxyl groups is 4. The monoisotopic (exact) mass is 327 g/mol. The zero-order valence-corrected chi connectivity index (χ0v) is 12.4. The molecular formula is C15H21NO7. The number of aliphatic carboxylic acids is 1. The molecule has 8 heteroatoms. The van der Waals surface area contributed by atoms with Gasteiger partial charge in [0.2, 0.25) is 0 Å². The van der Waals surface area contributed by atoms with E-state index in [4.69, 9.17) is 26.2 Å². The minimum atomic E-state index is -2.84. The van der Waals surface area contributed by atoms with E-state index in [1.54, 1.807) is 18.2 Å². The van der Waals surface area contributed by atoms with E-state index < -0.39 is 36.3 Å². The van der Waals surface area contributed by atoms with Crippen LogP contribution in [0.3, 0.4) is 0 Å². The van der Waals surface area contributed by atoms with Crippen molar-refractivity contribution in [2.24, 2.45) is 5.73 Å². The first-order valence-corrected chi connectivity index (χ1v) is 7.07. The number of ketones is 1. The van der Waals surface area contributed by atoms with E-state index >= 15 is 0 Å². The lowest BCUT2D eigenvalue weighted by Crippen LogP contribution is -2.33. The zero-order chi connectivity index (χ0) is 17.6. The average molecular weight is 327 g/mol. The quantitative estimate of drug-likeness (QED) is 0.248. The summed E-state index contributed by atoms with van der Waals surface area (Å²) in [6.07, 6.45) is -1.95. The van der Waals surface area contributed by atoms with Gasteiger partial charge in [-0.3, -0.25) is 9.59 Å². The van der Waals surface area contributed by atoms with Gasteiger partial charge in [-0.25, -0.2) is 0 Å². The van der Waals surface area contributed by atoms with Gasteiger partial charge >= 0.3 is 5.97 Å². The Labute approximate surface area is 132 Å². The molecule has 2 unspecified atom stereocenters. The summed E-state index contributed by atoms with van der Waals surface area (Å²) in [6, 6.07) is 5.06. The van der Waals surface area contributed by atoms with E-state index in [0.717, 1.165) is 0 Å². The number of carboxylic acid groups (broad SMARTS) is 1. The normalized spacial score (nSPS) is 14.3. The van der Waals surface area contributed by atoms with E-state index in [1.165, 1.54) is 6.07 Å². The summed E-state index contributed by atoms with van der Waals surface area (Å²) in [6.45, 7) is 0. The van der Waals surface area contributed by atoms with Gasteiger partial charge in [0.1, 0.15) is 12.1 Å². The van der Waals surface area contributed by atoms with Crippen LogP contribution in [0, 0.1) is 0 Å². The van der Waals surface area contributed by atoms with Crippen LogP contribution in [-0.4, -0.2) is 55.4 Å². The Bertz CT molecular complexity index is 553. The molecule has 7 N–H and O–H groups in total. The second-order valence-electron chi connectivity index (χ2n) is 5.35. The molecule has 0 aromatic heterocycles. The molecule has 8 nitrogen and oxygen atoms in total. The number of rotatable bonds is 9. The maximum absolute atomic E-state index is 12.2. The molecule has 1 aromatic carbocycles. The topological polar surface area (TPSA) is 161 Å². The number of benzene rings is 1. The Hall–Kier alpha value is -1.84. The van der Waals surface area contributed by atoms with Gasteiger partial charge in [-0.15, -0.1) is 0 Å². The third-order valence-electron chi connectivity index (χ3n) is 3.33. The van der Waals surface area contributed by atoms with Gasteiger partial charge in [0.25, 0.3) is 5.97 Å². The molecule has 0 aliphatic rings. The summed E-state index contributed by atoms with van der Waals surface area (Å²) in [7, 11) is 0. The average Bonchev–Trinajstić information content (AvgIpc) is 2.45. The summed E-state index contributed by atoms with van der Waals surface area (Å²) < 4.78 is 0. The lowest BCUT2D eigenvalue weighted by atomic mass is 9.94. The fourth-order valence-electron chi connectivity index (χ4n) is 2.11. The summed E-state index contributed by atoms with van der Waals surface area (Å²) in [4.78, 5) is 23.1. The van der Waals surface area contributed by atoms with Crippen LogP contribution in [0.5, 0.6) is 0 Å². The van der Waals surface area contributed by atoms with Crippen molar-refractivity contribution in [1.82, 2.24) is 0 Å². The first kappa shape index (κ1) is 19.2. The third-order valence-corrected chi connectivity index (χ3v) is 3.33. The molecule has 0 heterocycles. The molecule has 2 atom stereocenters. The Morgan fingerprint density at radius 2 is 1.78 bits per heavy atom. The smallest absolute Gasteiger partial charge is 0.320 e. The molecule has 0 bridgehead atoms. The van der Waals surface area contributed by atoms with Crippen LogP contribution >= 0.6 is 0 Å². The van der Waals surface area contributed by atoms with E-state index in [2.05, 4.69) is 0 Å². The van der Waals surface area contributed by atoms with Crippen molar-refractivity contribution in [3.8, 4) is 0 Å². The minimum Gasteiger partial charge on any atom is -0.480 e. The van der Waals surface area contributed by atoms with Gasteiger partial charge in [-0.05, 0) is 24.8 Å². The fourth-order valence-corrected chi connectivity index (χ4v) is 2.11. The van der Waals surface area contributed by atoms with Crippen molar-refractivity contribution < 1.29 is 35.1 Å². The Kier molecular flexibility index (Phi) is 6.79. The van der Waals surface area contributed by atoms with Crippen LogP contribution in [0.1, 0.15) is 35.2 Å². The first-order chi connectivity index (χ1) is 10.6. The predicted molar refractivity (Wildman–Crippen MR) is 79.3 cm³/mol. The van der Waals surface area contributed by atoms with Gasteiger partial charge < -0.3 is 31.3 Å². The molecule has 0 saturated carbocycles. The van der Waals surface area contributed by atoms with E-state index in [1.807, 2.05) is 0 Å². The van der Waals surface area contributed by atoms with E-state index in [-0.39, 0.29) is 24.8 Å². The number of Topliss-reactive ketones (excluding diaryl/α,β-unsaturated/α-hetero) is 1. The van der Waals surface area contributed by atoms with Crippen LogP contribution < -0.4 is 5.73 Å². The number of aliphatic hydroxyl groups excluding tert-OH is 1. The number of hydrogen-bond donors (Lipinski definition) is 6. The zero-order valence-electron chi connectivity index (χ0n) is 12.4. The van der Waals surface area contributed by atoms with E-state index in [9.17, 15) is 14.7 Å². The summed E-state index contributed by atoms with van der Waals surface area (Å²) in [5.74, 6) is -4.65. The number of carboxylic acids is 1. The molecular weight excluding hydrogens is 306 g/mol. The van der Waals surface area contributed by atoms with Crippen molar-refractivity contribution in [1.29, 1.82) is 0 Å². The predicted octanol–water partition coefficient (Wildman–Crippen LogP) is -1.01. The SMILES string of the molecule is NC(Cc1ccccc1C(=O)C(O)CCCC(O)(O)O)C(=O)O. The molecule has 0 aliphatic heterocycles. The highest BCUT2D eigenvalue weighted by Gasteiger charge is 2.24.